The van der Waals surface area contributed by atoms with Gasteiger partial charge in [-0.1, -0.05) is 0 Å². The largest absolute Gasteiger partial charge is 0.491 e. The fourth-order valence-corrected chi connectivity index (χ4v) is 3.38. The Hall–Kier alpha value is -4.04. The van der Waals surface area contributed by atoms with E-state index in [2.05, 4.69) is 15.3 Å². The molecule has 174 valence electrons. The molecule has 2 heterocycles. The molecule has 4 aromatic rings. The number of nitrogens with zero attached hydrogens (tertiary/aromatic N) is 2. The summed E-state index contributed by atoms with van der Waals surface area (Å²) >= 11 is 0. The number of ether oxygens (including phenoxy) is 2. The van der Waals surface area contributed by atoms with E-state index in [1.807, 2.05) is 36.4 Å². The summed E-state index contributed by atoms with van der Waals surface area (Å²) < 4.78 is 24.6. The third-order valence-electron chi connectivity index (χ3n) is 5.03. The third kappa shape index (κ3) is 6.05. The summed E-state index contributed by atoms with van der Waals surface area (Å²) in [6.45, 7) is 3.22. The second-order valence-electron chi connectivity index (χ2n) is 7.52. The summed E-state index contributed by atoms with van der Waals surface area (Å²) in [5.74, 6) is 1.05. The molecule has 0 aliphatic rings. The third-order valence-corrected chi connectivity index (χ3v) is 5.03. The zero-order chi connectivity index (χ0) is 23.8. The Balaban J connectivity index is 1.45. The number of aromatic amines is 1. The van der Waals surface area contributed by atoms with Crippen LogP contribution in [0, 0.1) is 5.82 Å². The molecular weight excluding hydrogens is 435 g/mol. The summed E-state index contributed by atoms with van der Waals surface area (Å²) in [6, 6.07) is 17.7. The lowest BCUT2D eigenvalue weighted by Gasteiger charge is -2.08. The fourth-order valence-electron chi connectivity index (χ4n) is 3.38. The average Bonchev–Trinajstić information content (AvgIpc) is 3.30. The van der Waals surface area contributed by atoms with Crippen LogP contribution in [-0.4, -0.2) is 47.2 Å². The van der Waals surface area contributed by atoms with Crippen molar-refractivity contribution in [2.24, 2.45) is 0 Å². The maximum absolute atomic E-state index is 13.5. The molecule has 0 aliphatic heterocycles. The molecule has 0 atom stereocenters. The molecule has 1 amide bonds. The first-order chi connectivity index (χ1) is 16.6. The van der Waals surface area contributed by atoms with Crippen molar-refractivity contribution in [2.75, 3.05) is 26.4 Å². The van der Waals surface area contributed by atoms with E-state index in [9.17, 15) is 9.18 Å². The summed E-state index contributed by atoms with van der Waals surface area (Å²) in [6.07, 6.45) is 3.43. The van der Waals surface area contributed by atoms with Gasteiger partial charge in [-0.2, -0.15) is 0 Å². The van der Waals surface area contributed by atoms with Crippen molar-refractivity contribution in [1.82, 2.24) is 20.3 Å². The van der Waals surface area contributed by atoms with Crippen molar-refractivity contribution < 1.29 is 18.7 Å². The van der Waals surface area contributed by atoms with E-state index in [0.29, 0.717) is 37.9 Å². The average molecular weight is 461 g/mol. The van der Waals surface area contributed by atoms with Crippen molar-refractivity contribution in [3.63, 3.8) is 0 Å². The van der Waals surface area contributed by atoms with Crippen LogP contribution in [0.2, 0.25) is 0 Å². The van der Waals surface area contributed by atoms with Crippen LogP contribution in [0.1, 0.15) is 6.92 Å². The van der Waals surface area contributed by atoms with Gasteiger partial charge in [-0.15, -0.1) is 0 Å². The van der Waals surface area contributed by atoms with Crippen LogP contribution >= 0.6 is 0 Å². The lowest BCUT2D eigenvalue weighted by molar-refractivity contribution is -0.119. The smallest absolute Gasteiger partial charge is 0.216 e. The normalized spacial score (nSPS) is 10.8. The summed E-state index contributed by atoms with van der Waals surface area (Å²) in [4.78, 5) is 23.1. The van der Waals surface area contributed by atoms with E-state index in [-0.39, 0.29) is 11.7 Å². The molecular formula is C26H25FN4O3. The standard InChI is InChI=1S/C26H25FN4O3/c1-18(32)29-14-15-33-16-17-34-23-8-4-21(5-9-23)26-30-24(19-2-6-22(27)7-3-19)25(31-26)20-10-12-28-13-11-20/h2-13H,14-17H2,1H3,(H,29,32)(H,30,31). The SMILES string of the molecule is CC(=O)NCCOCCOc1ccc(-c2nc(-c3ccncc3)c(-c3ccc(F)cc3)[nH]2)cc1. The van der Waals surface area contributed by atoms with E-state index in [4.69, 9.17) is 14.5 Å². The summed E-state index contributed by atoms with van der Waals surface area (Å²) in [5.41, 5.74) is 4.21. The number of nitrogens with one attached hydrogen (secondary N) is 2. The molecule has 7 nitrogen and oxygen atoms in total. The van der Waals surface area contributed by atoms with E-state index >= 15 is 0 Å². The van der Waals surface area contributed by atoms with Gasteiger partial charge in [0.2, 0.25) is 5.91 Å². The molecule has 0 spiro atoms. The number of pyridine rings is 1. The highest BCUT2D eigenvalue weighted by atomic mass is 19.1. The van der Waals surface area contributed by atoms with Crippen LogP contribution in [0.25, 0.3) is 33.9 Å². The number of carbonyl (C=O) groups excluding carboxylic acids is 1. The maximum Gasteiger partial charge on any atom is 0.216 e. The van der Waals surface area contributed by atoms with Crippen molar-refractivity contribution >= 4 is 5.91 Å². The summed E-state index contributed by atoms with van der Waals surface area (Å²) in [5, 5.41) is 2.67. The minimum atomic E-state index is -0.289. The molecule has 0 unspecified atom stereocenters. The number of rotatable bonds is 10. The van der Waals surface area contributed by atoms with Crippen LogP contribution in [0.5, 0.6) is 5.75 Å². The first-order valence-electron chi connectivity index (χ1n) is 10.9. The highest BCUT2D eigenvalue weighted by molar-refractivity contribution is 5.81. The van der Waals surface area contributed by atoms with Gasteiger partial charge in [0.25, 0.3) is 0 Å². The van der Waals surface area contributed by atoms with Crippen LogP contribution < -0.4 is 10.1 Å². The number of amides is 1. The molecule has 0 saturated heterocycles. The highest BCUT2D eigenvalue weighted by Gasteiger charge is 2.15. The topological polar surface area (TPSA) is 89.1 Å². The van der Waals surface area contributed by atoms with Crippen LogP contribution in [0.15, 0.2) is 73.1 Å². The quantitative estimate of drug-likeness (QED) is 0.341. The second-order valence-corrected chi connectivity index (χ2v) is 7.52. The lowest BCUT2D eigenvalue weighted by Crippen LogP contribution is -2.25. The van der Waals surface area contributed by atoms with Crippen LogP contribution in [0.4, 0.5) is 4.39 Å². The Morgan fingerprint density at radius 3 is 2.32 bits per heavy atom. The predicted molar refractivity (Wildman–Crippen MR) is 128 cm³/mol. The van der Waals surface area contributed by atoms with Gasteiger partial charge in [0.1, 0.15) is 24.0 Å². The highest BCUT2D eigenvalue weighted by Crippen LogP contribution is 2.33. The summed E-state index contributed by atoms with van der Waals surface area (Å²) in [7, 11) is 0. The molecule has 34 heavy (non-hydrogen) atoms. The van der Waals surface area contributed by atoms with Gasteiger partial charge in [-0.3, -0.25) is 9.78 Å². The molecule has 2 N–H and O–H groups in total. The number of hydrogen-bond donors (Lipinski definition) is 2. The molecule has 2 aromatic heterocycles. The number of aromatic nitrogens is 3. The van der Waals surface area contributed by atoms with E-state index < -0.39 is 0 Å². The van der Waals surface area contributed by atoms with Crippen LogP contribution in [-0.2, 0) is 9.53 Å². The molecule has 0 saturated carbocycles. The number of benzene rings is 2. The predicted octanol–water partition coefficient (Wildman–Crippen LogP) is 4.48. The first-order valence-corrected chi connectivity index (χ1v) is 10.9. The van der Waals surface area contributed by atoms with Crippen LogP contribution in [0.3, 0.4) is 0 Å². The zero-order valence-electron chi connectivity index (χ0n) is 18.8. The number of H-pyrrole nitrogens is 1. The number of carbonyl (C=O) groups is 1. The Morgan fingerprint density at radius 2 is 1.62 bits per heavy atom. The van der Waals surface area contributed by atoms with Gasteiger partial charge in [0.15, 0.2) is 0 Å². The van der Waals surface area contributed by atoms with Gasteiger partial charge >= 0.3 is 0 Å². The van der Waals surface area contributed by atoms with Crippen molar-refractivity contribution in [3.05, 3.63) is 78.9 Å². The molecule has 8 heteroatoms. The molecule has 0 aliphatic carbocycles. The molecule has 4 rings (SSSR count). The molecule has 0 bridgehead atoms. The van der Waals surface area contributed by atoms with E-state index in [0.717, 1.165) is 28.1 Å². The number of hydrogen-bond acceptors (Lipinski definition) is 5. The minimum Gasteiger partial charge on any atom is -0.491 e. The number of halogens is 1. The van der Waals surface area contributed by atoms with Gasteiger partial charge < -0.3 is 19.8 Å². The lowest BCUT2D eigenvalue weighted by atomic mass is 10.1. The molecule has 0 radical (unpaired) electrons. The van der Waals surface area contributed by atoms with Gasteiger partial charge in [0.05, 0.1) is 24.6 Å². The Kier molecular flexibility index (Phi) is 7.62. The molecule has 0 fully saturated rings. The first kappa shape index (κ1) is 23.1. The minimum absolute atomic E-state index is 0.0748. The second kappa shape index (κ2) is 11.2. The Morgan fingerprint density at radius 1 is 0.912 bits per heavy atom. The van der Waals surface area contributed by atoms with E-state index in [1.54, 1.807) is 24.5 Å². The monoisotopic (exact) mass is 460 g/mol. The van der Waals surface area contributed by atoms with E-state index in [1.165, 1.54) is 19.1 Å². The number of imidazole rings is 1. The maximum atomic E-state index is 13.5. The van der Waals surface area contributed by atoms with Crippen molar-refractivity contribution in [3.8, 4) is 39.7 Å². The molecule has 2 aromatic carbocycles. The van der Waals surface area contributed by atoms with Gasteiger partial charge in [-0.25, -0.2) is 9.37 Å². The zero-order valence-corrected chi connectivity index (χ0v) is 18.8. The van der Waals surface area contributed by atoms with Crippen molar-refractivity contribution in [2.45, 2.75) is 6.92 Å². The van der Waals surface area contributed by atoms with Gasteiger partial charge in [-0.05, 0) is 60.7 Å². The van der Waals surface area contributed by atoms with Crippen molar-refractivity contribution in [1.29, 1.82) is 0 Å². The Bertz CT molecular complexity index is 1210. The fraction of sp³-hybridized carbons (Fsp3) is 0.192. The van der Waals surface area contributed by atoms with Gasteiger partial charge in [0, 0.05) is 42.6 Å². The Labute approximate surface area is 197 Å².